The number of para-hydroxylation sites is 1. The molecule has 0 spiro atoms. The van der Waals surface area contributed by atoms with Gasteiger partial charge in [0.25, 0.3) is 0 Å². The summed E-state index contributed by atoms with van der Waals surface area (Å²) in [6.07, 6.45) is 3.06. The summed E-state index contributed by atoms with van der Waals surface area (Å²) in [7, 11) is -3.99. The van der Waals surface area contributed by atoms with Gasteiger partial charge in [0, 0.05) is 32.6 Å². The van der Waals surface area contributed by atoms with Gasteiger partial charge in [-0.25, -0.2) is 8.42 Å². The summed E-state index contributed by atoms with van der Waals surface area (Å²) in [6.45, 7) is 4.02. The van der Waals surface area contributed by atoms with Crippen LogP contribution in [0.15, 0.2) is 23.1 Å². The molecule has 8 N–H and O–H groups in total. The number of sulfonamides is 1. The van der Waals surface area contributed by atoms with E-state index < -0.39 is 16.1 Å². The molecule has 11 nitrogen and oxygen atoms in total. The fraction of sp³-hybridized carbons (Fsp3) is 0.609. The number of carbonyl (C=O) groups is 2. The van der Waals surface area contributed by atoms with Crippen LogP contribution in [-0.2, 0) is 26.0 Å². The Kier molecular flexibility index (Phi) is 8.95. The average molecular weight is 508 g/mol. The molecule has 1 fully saturated rings. The third-order valence-corrected chi connectivity index (χ3v) is 8.11. The summed E-state index contributed by atoms with van der Waals surface area (Å²) < 4.78 is 29.6. The van der Waals surface area contributed by atoms with Crippen molar-refractivity contribution in [3.63, 3.8) is 0 Å². The van der Waals surface area contributed by atoms with Crippen molar-refractivity contribution < 1.29 is 18.0 Å². The van der Waals surface area contributed by atoms with Gasteiger partial charge < -0.3 is 27.0 Å². The Morgan fingerprint density at radius 2 is 1.97 bits per heavy atom. The van der Waals surface area contributed by atoms with Crippen molar-refractivity contribution in [2.75, 3.05) is 31.5 Å². The van der Waals surface area contributed by atoms with Crippen LogP contribution in [0.2, 0.25) is 0 Å². The lowest BCUT2D eigenvalue weighted by Crippen LogP contribution is -2.51. The van der Waals surface area contributed by atoms with Gasteiger partial charge in [0.15, 0.2) is 5.96 Å². The minimum atomic E-state index is -3.99. The number of piperidine rings is 1. The quantitative estimate of drug-likeness (QED) is 0.150. The number of nitrogens with two attached hydrogens (primary N) is 2. The molecule has 2 aliphatic heterocycles. The van der Waals surface area contributed by atoms with Gasteiger partial charge in [0.05, 0.1) is 5.69 Å². The van der Waals surface area contributed by atoms with Crippen molar-refractivity contribution >= 4 is 33.5 Å². The number of rotatable bonds is 10. The van der Waals surface area contributed by atoms with E-state index in [9.17, 15) is 18.0 Å². The molecule has 194 valence electrons. The lowest BCUT2D eigenvalue weighted by atomic mass is 9.93. The van der Waals surface area contributed by atoms with E-state index >= 15 is 0 Å². The predicted octanol–water partition coefficient (Wildman–Crippen LogP) is 0.315. The van der Waals surface area contributed by atoms with Crippen LogP contribution in [0.3, 0.4) is 0 Å². The van der Waals surface area contributed by atoms with E-state index in [2.05, 4.69) is 22.3 Å². The van der Waals surface area contributed by atoms with Crippen molar-refractivity contribution in [3.05, 3.63) is 23.8 Å². The highest BCUT2D eigenvalue weighted by Gasteiger charge is 2.33. The number of nitrogens with one attached hydrogen (secondary N) is 4. The maximum Gasteiger partial charge on any atom is 0.243 e. The van der Waals surface area contributed by atoms with Crippen LogP contribution < -0.4 is 26.8 Å². The molecule has 1 aromatic carbocycles. The number of nitrogens with zero attached hydrogens (tertiary/aromatic N) is 1. The number of primary amides is 1. The Hall–Kier alpha value is -2.86. The predicted molar refractivity (Wildman–Crippen MR) is 134 cm³/mol. The number of hydrogen-bond donors (Lipinski definition) is 6. The second kappa shape index (κ2) is 11.7. The first-order valence-corrected chi connectivity index (χ1v) is 13.6. The number of amides is 2. The number of benzene rings is 1. The minimum absolute atomic E-state index is 0.135. The van der Waals surface area contributed by atoms with E-state index in [0.717, 1.165) is 12.0 Å². The monoisotopic (exact) mass is 507 g/mol. The molecule has 2 aliphatic rings. The fourth-order valence-corrected chi connectivity index (χ4v) is 6.22. The molecule has 3 rings (SSSR count). The Balaban J connectivity index is 1.75. The maximum atomic E-state index is 13.5. The largest absolute Gasteiger partial charge is 0.383 e. The molecule has 2 atom stereocenters. The zero-order chi connectivity index (χ0) is 25.6. The van der Waals surface area contributed by atoms with Gasteiger partial charge in [-0.15, -0.1) is 0 Å². The molecule has 12 heteroatoms. The SMILES string of the molecule is C[C@@H]1CNc2c(cccc2S(=O)(=O)NC(CCCNC(=N)N)C(=O)N2CCC(CC(N)=O)CC2)C1. The molecule has 1 aromatic rings. The molecule has 0 aliphatic carbocycles. The Bertz CT molecular complexity index is 1040. The lowest BCUT2D eigenvalue weighted by molar-refractivity contribution is -0.134. The van der Waals surface area contributed by atoms with Gasteiger partial charge in [-0.1, -0.05) is 19.1 Å². The summed E-state index contributed by atoms with van der Waals surface area (Å²) >= 11 is 0. The number of hydrogen-bond acceptors (Lipinski definition) is 6. The van der Waals surface area contributed by atoms with E-state index in [1.165, 1.54) is 0 Å². The number of fused-ring (bicyclic) bond motifs is 1. The Morgan fingerprint density at radius 3 is 2.63 bits per heavy atom. The van der Waals surface area contributed by atoms with Gasteiger partial charge in [-0.3, -0.25) is 15.0 Å². The van der Waals surface area contributed by atoms with Crippen molar-refractivity contribution in [2.45, 2.75) is 56.4 Å². The van der Waals surface area contributed by atoms with Gasteiger partial charge in [-0.05, 0) is 55.6 Å². The Labute approximate surface area is 206 Å². The standard InChI is InChI=1S/C23H37N7O4S/c1-15-12-17-4-2-6-19(21(17)28-14-15)35(33,34)29-18(5-3-9-27-23(25)26)22(32)30-10-7-16(8-11-30)13-20(24)31/h2,4,6,15-16,18,28-29H,3,5,7-14H2,1H3,(H2,24,31)(H4,25,26,27)/t15-,18?/m0/s1. The van der Waals surface area contributed by atoms with Crippen LogP contribution in [0.25, 0.3) is 0 Å². The number of likely N-dealkylation sites (tertiary alicyclic amines) is 1. The molecule has 0 aromatic heterocycles. The van der Waals surface area contributed by atoms with Crippen LogP contribution in [0.1, 0.15) is 44.6 Å². The maximum absolute atomic E-state index is 13.5. The third kappa shape index (κ3) is 7.31. The highest BCUT2D eigenvalue weighted by molar-refractivity contribution is 7.89. The van der Waals surface area contributed by atoms with Crippen molar-refractivity contribution in [2.24, 2.45) is 23.3 Å². The third-order valence-electron chi connectivity index (χ3n) is 6.59. The molecular weight excluding hydrogens is 470 g/mol. The highest BCUT2D eigenvalue weighted by atomic mass is 32.2. The first-order valence-electron chi connectivity index (χ1n) is 12.1. The summed E-state index contributed by atoms with van der Waals surface area (Å²) in [4.78, 5) is 26.4. The van der Waals surface area contributed by atoms with Crippen molar-refractivity contribution in [3.8, 4) is 0 Å². The molecule has 1 unspecified atom stereocenters. The van der Waals surface area contributed by atoms with Crippen LogP contribution in [0.4, 0.5) is 5.69 Å². The summed E-state index contributed by atoms with van der Waals surface area (Å²) in [5, 5.41) is 13.2. The zero-order valence-electron chi connectivity index (χ0n) is 20.2. The lowest BCUT2D eigenvalue weighted by Gasteiger charge is -2.34. The summed E-state index contributed by atoms with van der Waals surface area (Å²) in [5.41, 5.74) is 12.2. The van der Waals surface area contributed by atoms with E-state index in [1.54, 1.807) is 17.0 Å². The number of guanidine groups is 1. The second-order valence-corrected chi connectivity index (χ2v) is 11.3. The van der Waals surface area contributed by atoms with Gasteiger partial charge >= 0.3 is 0 Å². The van der Waals surface area contributed by atoms with Gasteiger partial charge in [0.2, 0.25) is 21.8 Å². The normalized spacial score (nSPS) is 19.3. The molecular formula is C23H37N7O4S. The van der Waals surface area contributed by atoms with Crippen LogP contribution >= 0.6 is 0 Å². The number of anilines is 1. The zero-order valence-corrected chi connectivity index (χ0v) is 21.0. The topological polar surface area (TPSA) is 184 Å². The number of carbonyl (C=O) groups excluding carboxylic acids is 2. The molecule has 1 saturated heterocycles. The molecule has 35 heavy (non-hydrogen) atoms. The summed E-state index contributed by atoms with van der Waals surface area (Å²) in [5.74, 6) is -0.293. The van der Waals surface area contributed by atoms with E-state index in [0.29, 0.717) is 63.5 Å². The first kappa shape index (κ1) is 26.7. The smallest absolute Gasteiger partial charge is 0.243 e. The van der Waals surface area contributed by atoms with Crippen molar-refractivity contribution in [1.29, 1.82) is 5.41 Å². The van der Waals surface area contributed by atoms with Crippen molar-refractivity contribution in [1.82, 2.24) is 14.9 Å². The van der Waals surface area contributed by atoms with Crippen LogP contribution in [-0.4, -0.2) is 63.3 Å². The van der Waals surface area contributed by atoms with Crippen LogP contribution in [0, 0.1) is 17.2 Å². The van der Waals surface area contributed by atoms with Gasteiger partial charge in [-0.2, -0.15) is 4.72 Å². The van der Waals surface area contributed by atoms with E-state index in [-0.39, 0.29) is 35.0 Å². The fourth-order valence-electron chi connectivity index (χ4n) is 4.77. The molecule has 2 heterocycles. The molecule has 2 amide bonds. The first-order chi connectivity index (χ1) is 16.6. The second-order valence-electron chi connectivity index (χ2n) is 9.58. The highest BCUT2D eigenvalue weighted by Crippen LogP contribution is 2.31. The minimum Gasteiger partial charge on any atom is -0.383 e. The van der Waals surface area contributed by atoms with Gasteiger partial charge in [0.1, 0.15) is 10.9 Å². The average Bonchev–Trinajstić information content (AvgIpc) is 2.80. The summed E-state index contributed by atoms with van der Waals surface area (Å²) in [6, 6.07) is 4.24. The van der Waals surface area contributed by atoms with Crippen LogP contribution in [0.5, 0.6) is 0 Å². The molecule has 0 saturated carbocycles. The van der Waals surface area contributed by atoms with E-state index in [4.69, 9.17) is 16.9 Å². The van der Waals surface area contributed by atoms with E-state index in [1.807, 2.05) is 6.07 Å². The molecule has 0 radical (unpaired) electrons. The molecule has 0 bridgehead atoms. The Morgan fingerprint density at radius 1 is 1.26 bits per heavy atom.